The van der Waals surface area contributed by atoms with E-state index in [0.717, 1.165) is 25.0 Å². The summed E-state index contributed by atoms with van der Waals surface area (Å²) in [5.41, 5.74) is 6.79. The molecular formula is C13H25N3O. The maximum atomic E-state index is 5.77. The molecular weight excluding hydrogens is 214 g/mol. The second-order valence-electron chi connectivity index (χ2n) is 5.13. The summed E-state index contributed by atoms with van der Waals surface area (Å²) in [6.07, 6.45) is 2.87. The Labute approximate surface area is 104 Å². The van der Waals surface area contributed by atoms with Crippen molar-refractivity contribution in [2.45, 2.75) is 45.8 Å². The van der Waals surface area contributed by atoms with Crippen molar-refractivity contribution in [2.75, 3.05) is 13.1 Å². The van der Waals surface area contributed by atoms with Crippen molar-refractivity contribution in [3.8, 4) is 0 Å². The number of hydrogen-bond donors (Lipinski definition) is 2. The fraction of sp³-hybridized carbons (Fsp3) is 0.769. The van der Waals surface area contributed by atoms with Crippen LogP contribution in [-0.2, 0) is 4.74 Å². The molecule has 4 heteroatoms. The first-order valence-corrected chi connectivity index (χ1v) is 6.31. The zero-order chi connectivity index (χ0) is 12.8. The van der Waals surface area contributed by atoms with E-state index in [-0.39, 0.29) is 0 Å². The topological polar surface area (TPSA) is 59.6 Å². The van der Waals surface area contributed by atoms with Crippen molar-refractivity contribution in [1.82, 2.24) is 5.32 Å². The maximum Gasteiger partial charge on any atom is 0.188 e. The summed E-state index contributed by atoms with van der Waals surface area (Å²) >= 11 is 0. The number of ether oxygens (including phenoxy) is 1. The van der Waals surface area contributed by atoms with E-state index >= 15 is 0 Å². The van der Waals surface area contributed by atoms with Gasteiger partial charge in [0.2, 0.25) is 0 Å². The maximum absolute atomic E-state index is 5.77. The minimum Gasteiger partial charge on any atom is -0.376 e. The van der Waals surface area contributed by atoms with E-state index in [1.165, 1.54) is 0 Å². The van der Waals surface area contributed by atoms with Gasteiger partial charge in [-0.1, -0.05) is 12.2 Å². The van der Waals surface area contributed by atoms with Crippen LogP contribution in [0.15, 0.2) is 17.1 Å². The van der Waals surface area contributed by atoms with Gasteiger partial charge in [-0.2, -0.15) is 0 Å². The lowest BCUT2D eigenvalue weighted by Crippen LogP contribution is -2.40. The third-order valence-electron chi connectivity index (χ3n) is 2.89. The molecule has 0 aromatic heterocycles. The molecule has 1 heterocycles. The van der Waals surface area contributed by atoms with Crippen LogP contribution in [0.1, 0.15) is 33.6 Å². The van der Waals surface area contributed by atoms with Crippen molar-refractivity contribution in [3.63, 3.8) is 0 Å². The second-order valence-corrected chi connectivity index (χ2v) is 5.13. The molecule has 1 fully saturated rings. The molecule has 0 aliphatic carbocycles. The van der Waals surface area contributed by atoms with E-state index in [9.17, 15) is 0 Å². The van der Waals surface area contributed by atoms with Gasteiger partial charge < -0.3 is 15.8 Å². The van der Waals surface area contributed by atoms with Crippen molar-refractivity contribution in [2.24, 2.45) is 16.6 Å². The quantitative estimate of drug-likeness (QED) is 0.446. The van der Waals surface area contributed by atoms with Crippen LogP contribution >= 0.6 is 0 Å². The van der Waals surface area contributed by atoms with Crippen molar-refractivity contribution in [3.05, 3.63) is 12.2 Å². The molecule has 4 nitrogen and oxygen atoms in total. The zero-order valence-corrected chi connectivity index (χ0v) is 11.2. The summed E-state index contributed by atoms with van der Waals surface area (Å²) < 4.78 is 5.70. The molecule has 98 valence electrons. The largest absolute Gasteiger partial charge is 0.376 e. The fourth-order valence-corrected chi connectivity index (χ4v) is 2.23. The third kappa shape index (κ3) is 5.73. The van der Waals surface area contributed by atoms with Gasteiger partial charge in [-0.25, -0.2) is 4.99 Å². The van der Waals surface area contributed by atoms with Crippen LogP contribution in [0.3, 0.4) is 0 Å². The number of hydrogen-bond acceptors (Lipinski definition) is 2. The van der Waals surface area contributed by atoms with Gasteiger partial charge in [0.05, 0.1) is 18.8 Å². The number of nitrogens with two attached hydrogens (primary N) is 1. The van der Waals surface area contributed by atoms with E-state index in [1.54, 1.807) is 0 Å². The number of aliphatic imine (C=N–C) groups is 1. The number of nitrogens with one attached hydrogen (secondary N) is 1. The number of guanidine groups is 1. The minimum atomic E-state index is 0.346. The second kappa shape index (κ2) is 6.64. The van der Waals surface area contributed by atoms with Gasteiger partial charge in [0.15, 0.2) is 5.96 Å². The summed E-state index contributed by atoms with van der Waals surface area (Å²) in [4.78, 5) is 4.20. The summed E-state index contributed by atoms with van der Waals surface area (Å²) in [6, 6.07) is 0. The molecule has 1 saturated heterocycles. The monoisotopic (exact) mass is 239 g/mol. The highest BCUT2D eigenvalue weighted by molar-refractivity contribution is 5.77. The van der Waals surface area contributed by atoms with Gasteiger partial charge in [-0.3, -0.25) is 0 Å². The first kappa shape index (κ1) is 14.0. The Morgan fingerprint density at radius 2 is 2.00 bits per heavy atom. The highest BCUT2D eigenvalue weighted by Crippen LogP contribution is 2.23. The van der Waals surface area contributed by atoms with Crippen LogP contribution in [-0.4, -0.2) is 31.3 Å². The van der Waals surface area contributed by atoms with Crippen LogP contribution in [0.4, 0.5) is 0 Å². The predicted molar refractivity (Wildman–Crippen MR) is 72.0 cm³/mol. The molecule has 3 N–H and O–H groups in total. The average molecular weight is 239 g/mol. The van der Waals surface area contributed by atoms with E-state index in [1.807, 2.05) is 6.92 Å². The van der Waals surface area contributed by atoms with Crippen LogP contribution in [0.5, 0.6) is 0 Å². The molecule has 2 atom stereocenters. The van der Waals surface area contributed by atoms with Crippen LogP contribution in [0.25, 0.3) is 0 Å². The Bertz CT molecular complexity index is 278. The fourth-order valence-electron chi connectivity index (χ4n) is 2.23. The molecule has 17 heavy (non-hydrogen) atoms. The van der Waals surface area contributed by atoms with Crippen LogP contribution in [0, 0.1) is 5.92 Å². The van der Waals surface area contributed by atoms with E-state index in [4.69, 9.17) is 10.5 Å². The predicted octanol–water partition coefficient (Wildman–Crippen LogP) is 1.67. The summed E-state index contributed by atoms with van der Waals surface area (Å²) in [5, 5.41) is 3.18. The zero-order valence-electron chi connectivity index (χ0n) is 11.2. The Morgan fingerprint density at radius 3 is 2.53 bits per heavy atom. The average Bonchev–Trinajstić information content (AvgIpc) is 2.22. The first-order chi connectivity index (χ1) is 7.97. The molecule has 1 aliphatic rings. The third-order valence-corrected chi connectivity index (χ3v) is 2.89. The Balaban J connectivity index is 2.29. The molecule has 0 bridgehead atoms. The Kier molecular flexibility index (Phi) is 5.48. The number of rotatable bonds is 4. The van der Waals surface area contributed by atoms with Crippen molar-refractivity contribution in [1.29, 1.82) is 0 Å². The van der Waals surface area contributed by atoms with Crippen LogP contribution in [0.2, 0.25) is 0 Å². The van der Waals surface area contributed by atoms with Crippen molar-refractivity contribution < 1.29 is 4.74 Å². The molecule has 0 aromatic rings. The molecule has 2 unspecified atom stereocenters. The number of nitrogens with zero attached hydrogens (tertiary/aromatic N) is 1. The SMILES string of the molecule is C=C(C)CN=C(N)NCC1CC(C)OC(C)C1. The molecule has 1 rings (SSSR count). The highest BCUT2D eigenvalue weighted by atomic mass is 16.5. The van der Waals surface area contributed by atoms with Gasteiger partial charge in [0.1, 0.15) is 0 Å². The Morgan fingerprint density at radius 1 is 1.41 bits per heavy atom. The summed E-state index contributed by atoms with van der Waals surface area (Å²) in [7, 11) is 0. The molecule has 0 amide bonds. The Hall–Kier alpha value is -1.03. The molecule has 0 spiro atoms. The lowest BCUT2D eigenvalue weighted by Gasteiger charge is -2.32. The van der Waals surface area contributed by atoms with Crippen molar-refractivity contribution >= 4 is 5.96 Å². The molecule has 0 aromatic carbocycles. The lowest BCUT2D eigenvalue weighted by molar-refractivity contribution is -0.0509. The van der Waals surface area contributed by atoms with Crippen LogP contribution < -0.4 is 11.1 Å². The van der Waals surface area contributed by atoms with Gasteiger partial charge in [0, 0.05) is 6.54 Å². The summed E-state index contributed by atoms with van der Waals surface area (Å²) in [5.74, 6) is 1.13. The lowest BCUT2D eigenvalue weighted by atomic mass is 9.92. The van der Waals surface area contributed by atoms with Gasteiger partial charge >= 0.3 is 0 Å². The van der Waals surface area contributed by atoms with E-state index < -0.39 is 0 Å². The standard InChI is InChI=1S/C13H25N3O/c1-9(2)7-15-13(14)16-8-12-5-10(3)17-11(4)6-12/h10-12H,1,5-8H2,2-4H3,(H3,14,15,16). The first-order valence-electron chi connectivity index (χ1n) is 6.31. The molecule has 1 aliphatic heterocycles. The van der Waals surface area contributed by atoms with Gasteiger partial charge in [-0.15, -0.1) is 0 Å². The molecule has 0 radical (unpaired) electrons. The normalized spacial score (nSPS) is 30.1. The highest BCUT2D eigenvalue weighted by Gasteiger charge is 2.24. The van der Waals surface area contributed by atoms with E-state index in [0.29, 0.717) is 30.6 Å². The minimum absolute atomic E-state index is 0.346. The smallest absolute Gasteiger partial charge is 0.188 e. The van der Waals surface area contributed by atoms with Gasteiger partial charge in [0.25, 0.3) is 0 Å². The summed E-state index contributed by atoms with van der Waals surface area (Å²) in [6.45, 7) is 11.5. The van der Waals surface area contributed by atoms with Gasteiger partial charge in [-0.05, 0) is 39.5 Å². The van der Waals surface area contributed by atoms with E-state index in [2.05, 4.69) is 30.7 Å². The molecule has 0 saturated carbocycles.